The summed E-state index contributed by atoms with van der Waals surface area (Å²) in [5.41, 5.74) is 2.71. The van der Waals surface area contributed by atoms with Crippen molar-refractivity contribution in [2.24, 2.45) is 0 Å². The Morgan fingerprint density at radius 3 is 2.59 bits per heavy atom. The Bertz CT molecular complexity index is 344. The van der Waals surface area contributed by atoms with Gasteiger partial charge in [-0.15, -0.1) is 0 Å². The van der Waals surface area contributed by atoms with Crippen molar-refractivity contribution in [3.05, 3.63) is 29.8 Å². The minimum Gasteiger partial charge on any atom is -0.381 e. The van der Waals surface area contributed by atoms with Crippen LogP contribution in [0.1, 0.15) is 38.2 Å². The lowest BCUT2D eigenvalue weighted by atomic mass is 9.98. The number of anilines is 1. The summed E-state index contributed by atoms with van der Waals surface area (Å²) in [6, 6.07) is 9.58. The first-order valence-electron chi connectivity index (χ1n) is 6.74. The quantitative estimate of drug-likeness (QED) is 0.856. The predicted molar refractivity (Wildman–Crippen MR) is 74.7 cm³/mol. The van der Waals surface area contributed by atoms with Crippen LogP contribution in [-0.2, 0) is 0 Å². The highest BCUT2D eigenvalue weighted by molar-refractivity contribution is 5.46. The molecule has 0 spiro atoms. The average molecular weight is 232 g/mol. The maximum absolute atomic E-state index is 3.61. The molecule has 1 heterocycles. The molecule has 0 amide bonds. The number of nitrogens with zero attached hydrogens (tertiary/aromatic N) is 1. The highest BCUT2D eigenvalue weighted by Gasteiger charge is 2.18. The summed E-state index contributed by atoms with van der Waals surface area (Å²) in [6.07, 6.45) is 2.46. The minimum atomic E-state index is 0.620. The molecule has 2 atom stereocenters. The van der Waals surface area contributed by atoms with Gasteiger partial charge in [-0.2, -0.15) is 0 Å². The fraction of sp³-hybridized carbons (Fsp3) is 0.600. The van der Waals surface area contributed by atoms with Crippen molar-refractivity contribution in [2.75, 3.05) is 25.5 Å². The molecule has 1 unspecified atom stereocenters. The highest BCUT2D eigenvalue weighted by atomic mass is 15.2. The van der Waals surface area contributed by atoms with Crippen LogP contribution in [0.5, 0.6) is 0 Å². The second-order valence-electron chi connectivity index (χ2n) is 5.32. The average Bonchev–Trinajstić information content (AvgIpc) is 2.75. The van der Waals surface area contributed by atoms with Crippen molar-refractivity contribution >= 4 is 5.69 Å². The van der Waals surface area contributed by atoms with Crippen LogP contribution in [-0.4, -0.2) is 31.1 Å². The van der Waals surface area contributed by atoms with Gasteiger partial charge in [-0.3, -0.25) is 0 Å². The zero-order chi connectivity index (χ0) is 12.3. The van der Waals surface area contributed by atoms with Gasteiger partial charge < -0.3 is 10.2 Å². The molecule has 1 N–H and O–H groups in total. The molecule has 94 valence electrons. The van der Waals surface area contributed by atoms with E-state index in [9.17, 15) is 0 Å². The van der Waals surface area contributed by atoms with Gasteiger partial charge in [0.1, 0.15) is 0 Å². The third kappa shape index (κ3) is 3.22. The predicted octanol–water partition coefficient (Wildman–Crippen LogP) is 3.32. The maximum atomic E-state index is 3.61. The molecule has 1 aliphatic rings. The summed E-state index contributed by atoms with van der Waals surface area (Å²) in [4.78, 5) is 2.38. The van der Waals surface area contributed by atoms with Gasteiger partial charge in [-0.1, -0.05) is 26.0 Å². The molecule has 17 heavy (non-hydrogen) atoms. The van der Waals surface area contributed by atoms with Crippen LogP contribution in [0.25, 0.3) is 0 Å². The lowest BCUT2D eigenvalue weighted by Crippen LogP contribution is -2.23. The van der Waals surface area contributed by atoms with Crippen LogP contribution < -0.4 is 5.32 Å². The van der Waals surface area contributed by atoms with E-state index in [1.165, 1.54) is 30.6 Å². The second kappa shape index (κ2) is 5.54. The number of hydrogen-bond donors (Lipinski definition) is 1. The molecular weight excluding hydrogens is 208 g/mol. The summed E-state index contributed by atoms with van der Waals surface area (Å²) in [5, 5.41) is 3.61. The van der Waals surface area contributed by atoms with Gasteiger partial charge in [-0.25, -0.2) is 0 Å². The number of likely N-dealkylation sites (tertiary alicyclic amines) is 1. The van der Waals surface area contributed by atoms with E-state index in [0.717, 1.165) is 6.54 Å². The van der Waals surface area contributed by atoms with Crippen molar-refractivity contribution < 1.29 is 0 Å². The van der Waals surface area contributed by atoms with E-state index in [1.807, 2.05) is 0 Å². The Morgan fingerprint density at radius 1 is 1.35 bits per heavy atom. The third-order valence-electron chi connectivity index (χ3n) is 3.85. The summed E-state index contributed by atoms with van der Waals surface area (Å²) in [6.45, 7) is 6.90. The summed E-state index contributed by atoms with van der Waals surface area (Å²) < 4.78 is 0. The molecule has 1 saturated heterocycles. The number of hydrogen-bond acceptors (Lipinski definition) is 2. The third-order valence-corrected chi connectivity index (χ3v) is 3.85. The van der Waals surface area contributed by atoms with Crippen molar-refractivity contribution in [3.8, 4) is 0 Å². The molecule has 2 rings (SSSR count). The maximum Gasteiger partial charge on any atom is 0.0400 e. The largest absolute Gasteiger partial charge is 0.381 e. The van der Waals surface area contributed by atoms with Crippen LogP contribution in [0, 0.1) is 0 Å². The first kappa shape index (κ1) is 12.4. The van der Waals surface area contributed by atoms with Gasteiger partial charge in [0, 0.05) is 18.3 Å². The van der Waals surface area contributed by atoms with Crippen LogP contribution in [0.2, 0.25) is 0 Å². The summed E-state index contributed by atoms with van der Waals surface area (Å²) in [5.74, 6) is 0.668. The molecule has 2 heteroatoms. The van der Waals surface area contributed by atoms with Crippen LogP contribution in [0.3, 0.4) is 0 Å². The minimum absolute atomic E-state index is 0.620. The van der Waals surface area contributed by atoms with Gasteiger partial charge in [0.25, 0.3) is 0 Å². The lowest BCUT2D eigenvalue weighted by Gasteiger charge is -2.15. The Hall–Kier alpha value is -1.02. The molecule has 0 aromatic heterocycles. The van der Waals surface area contributed by atoms with Crippen LogP contribution in [0.4, 0.5) is 5.69 Å². The highest BCUT2D eigenvalue weighted by Crippen LogP contribution is 2.21. The second-order valence-corrected chi connectivity index (χ2v) is 5.32. The van der Waals surface area contributed by atoms with E-state index in [2.05, 4.69) is 55.4 Å². The molecule has 0 aliphatic carbocycles. The first-order valence-corrected chi connectivity index (χ1v) is 6.74. The van der Waals surface area contributed by atoms with E-state index < -0.39 is 0 Å². The molecule has 1 aromatic rings. The monoisotopic (exact) mass is 232 g/mol. The van der Waals surface area contributed by atoms with Gasteiger partial charge >= 0.3 is 0 Å². The van der Waals surface area contributed by atoms with E-state index in [0.29, 0.717) is 12.0 Å². The Labute approximate surface area is 105 Å². The number of rotatable bonds is 4. The van der Waals surface area contributed by atoms with Crippen molar-refractivity contribution in [2.45, 2.75) is 38.6 Å². The fourth-order valence-corrected chi connectivity index (χ4v) is 2.43. The molecule has 1 fully saturated rings. The molecule has 0 radical (unpaired) electrons. The van der Waals surface area contributed by atoms with Gasteiger partial charge in [0.2, 0.25) is 0 Å². The molecule has 1 aliphatic heterocycles. The molecule has 2 nitrogen and oxygen atoms in total. The molecule has 0 saturated carbocycles. The number of benzene rings is 1. The fourth-order valence-electron chi connectivity index (χ4n) is 2.43. The van der Waals surface area contributed by atoms with Gasteiger partial charge in [0.05, 0.1) is 0 Å². The SMILES string of the molecule is CC[C@H](C)c1ccc(NC2CCN(C)C2)cc1. The molecule has 0 bridgehead atoms. The summed E-state index contributed by atoms with van der Waals surface area (Å²) >= 11 is 0. The normalized spacial score (nSPS) is 22.6. The molecular formula is C15H24N2. The van der Waals surface area contributed by atoms with Crippen molar-refractivity contribution in [1.29, 1.82) is 0 Å². The smallest absolute Gasteiger partial charge is 0.0400 e. The Kier molecular flexibility index (Phi) is 4.06. The summed E-state index contributed by atoms with van der Waals surface area (Å²) in [7, 11) is 2.19. The van der Waals surface area contributed by atoms with Crippen molar-refractivity contribution in [1.82, 2.24) is 4.90 Å². The Balaban J connectivity index is 1.94. The van der Waals surface area contributed by atoms with E-state index in [4.69, 9.17) is 0 Å². The standard InChI is InChI=1S/C15H24N2/c1-4-12(2)13-5-7-14(8-6-13)16-15-9-10-17(3)11-15/h5-8,12,15-16H,4,9-11H2,1-3H3/t12-,15?/m0/s1. The van der Waals surface area contributed by atoms with E-state index in [1.54, 1.807) is 0 Å². The lowest BCUT2D eigenvalue weighted by molar-refractivity contribution is 0.414. The van der Waals surface area contributed by atoms with Gasteiger partial charge in [-0.05, 0) is 50.0 Å². The van der Waals surface area contributed by atoms with Crippen molar-refractivity contribution in [3.63, 3.8) is 0 Å². The van der Waals surface area contributed by atoms with Crippen LogP contribution >= 0.6 is 0 Å². The Morgan fingerprint density at radius 2 is 2.06 bits per heavy atom. The zero-order valence-corrected chi connectivity index (χ0v) is 11.2. The first-order chi connectivity index (χ1) is 8.19. The van der Waals surface area contributed by atoms with Crippen LogP contribution in [0.15, 0.2) is 24.3 Å². The number of likely N-dealkylation sites (N-methyl/N-ethyl adjacent to an activating group) is 1. The van der Waals surface area contributed by atoms with Gasteiger partial charge in [0.15, 0.2) is 0 Å². The number of nitrogens with one attached hydrogen (secondary N) is 1. The van der Waals surface area contributed by atoms with E-state index in [-0.39, 0.29) is 0 Å². The topological polar surface area (TPSA) is 15.3 Å². The zero-order valence-electron chi connectivity index (χ0n) is 11.2. The van der Waals surface area contributed by atoms with E-state index >= 15 is 0 Å². The molecule has 1 aromatic carbocycles.